The van der Waals surface area contributed by atoms with Crippen LogP contribution in [0.1, 0.15) is 19.3 Å². The van der Waals surface area contributed by atoms with E-state index in [9.17, 15) is 28.4 Å². The summed E-state index contributed by atoms with van der Waals surface area (Å²) in [5.74, 6) is -0.439. The number of nitro groups is 1. The Morgan fingerprint density at radius 3 is 2.73 bits per heavy atom. The van der Waals surface area contributed by atoms with E-state index in [1.807, 2.05) is 0 Å². The normalized spacial score (nSPS) is 27.7. The largest absolute Gasteiger partial charge is 0.469 e. The average molecular weight is 444 g/mol. The molecule has 11 nitrogen and oxygen atoms in total. The molecule has 0 aromatic heterocycles. The van der Waals surface area contributed by atoms with Crippen LogP contribution >= 0.6 is 0 Å². The van der Waals surface area contributed by atoms with Gasteiger partial charge in [-0.25, -0.2) is 8.42 Å². The van der Waals surface area contributed by atoms with Gasteiger partial charge in [0.25, 0.3) is 5.69 Å². The first kappa shape index (κ1) is 22.6. The quantitative estimate of drug-likeness (QED) is 0.375. The number of sulfonamides is 1. The predicted molar refractivity (Wildman–Crippen MR) is 102 cm³/mol. The van der Waals surface area contributed by atoms with E-state index >= 15 is 0 Å². The standard InChI is InChI=1S/C18H24N2O9S/c1-27-18(22)8-12-6-7-14-16(29-12)11-28-13(10-21)9-19(14)30(25,26)17-5-3-2-4-15(17)20(23)24/h2-5,12-14,16,21H,6-11H2,1H3/t12-,13-,14+,16-/m1/s1. The number of rotatable bonds is 6. The van der Waals surface area contributed by atoms with Gasteiger partial charge in [-0.15, -0.1) is 0 Å². The van der Waals surface area contributed by atoms with Gasteiger partial charge < -0.3 is 19.3 Å². The van der Waals surface area contributed by atoms with Crippen molar-refractivity contribution in [1.82, 2.24) is 4.31 Å². The minimum Gasteiger partial charge on any atom is -0.469 e. The van der Waals surface area contributed by atoms with Crippen LogP contribution in [0.5, 0.6) is 0 Å². The zero-order valence-electron chi connectivity index (χ0n) is 16.4. The molecule has 166 valence electrons. The highest BCUT2D eigenvalue weighted by atomic mass is 32.2. The first-order chi connectivity index (χ1) is 14.3. The zero-order valence-corrected chi connectivity index (χ0v) is 17.2. The van der Waals surface area contributed by atoms with Crippen LogP contribution in [-0.4, -0.2) is 79.9 Å². The Labute approximate surface area is 173 Å². The summed E-state index contributed by atoms with van der Waals surface area (Å²) in [6.07, 6.45) is -1.15. The van der Waals surface area contributed by atoms with Crippen LogP contribution in [0.25, 0.3) is 0 Å². The number of hydrogen-bond donors (Lipinski definition) is 1. The fourth-order valence-corrected chi connectivity index (χ4v) is 5.68. The molecule has 2 aliphatic rings. The number of fused-ring (bicyclic) bond motifs is 1. The van der Waals surface area contributed by atoms with E-state index in [-0.39, 0.29) is 19.6 Å². The third-order valence-electron chi connectivity index (χ3n) is 5.30. The number of nitrogens with zero attached hydrogens (tertiary/aromatic N) is 2. The summed E-state index contributed by atoms with van der Waals surface area (Å²) < 4.78 is 44.2. The summed E-state index contributed by atoms with van der Waals surface area (Å²) in [6, 6.07) is 4.47. The van der Waals surface area contributed by atoms with Crippen LogP contribution in [0.15, 0.2) is 29.2 Å². The molecule has 2 fully saturated rings. The van der Waals surface area contributed by atoms with Crippen molar-refractivity contribution in [3.8, 4) is 0 Å². The second kappa shape index (κ2) is 9.35. The summed E-state index contributed by atoms with van der Waals surface area (Å²) in [4.78, 5) is 21.8. The molecular weight excluding hydrogens is 420 g/mol. The van der Waals surface area contributed by atoms with Gasteiger partial charge in [0.2, 0.25) is 10.0 Å². The van der Waals surface area contributed by atoms with Crippen molar-refractivity contribution >= 4 is 21.7 Å². The Morgan fingerprint density at radius 2 is 2.07 bits per heavy atom. The lowest BCUT2D eigenvalue weighted by atomic mass is 9.97. The van der Waals surface area contributed by atoms with Crippen molar-refractivity contribution in [2.75, 3.05) is 26.9 Å². The molecule has 0 bridgehead atoms. The van der Waals surface area contributed by atoms with Crippen molar-refractivity contribution < 1.29 is 37.5 Å². The molecule has 2 aliphatic heterocycles. The topological polar surface area (TPSA) is 146 Å². The first-order valence-electron chi connectivity index (χ1n) is 9.48. The Balaban J connectivity index is 1.94. The Bertz CT molecular complexity index is 891. The molecule has 1 aromatic carbocycles. The molecule has 12 heteroatoms. The maximum atomic E-state index is 13.4. The van der Waals surface area contributed by atoms with Crippen LogP contribution in [0, 0.1) is 10.1 Å². The van der Waals surface area contributed by atoms with Crippen LogP contribution in [0.3, 0.4) is 0 Å². The SMILES string of the molecule is COC(=O)C[C@H]1CC[C@H]2[C@@H](CO[C@@H](CO)CN2S(=O)(=O)c2ccccc2[N+](=O)[O-])O1. The number of aliphatic hydroxyl groups excluding tert-OH is 1. The van der Waals surface area contributed by atoms with Crippen LogP contribution in [0.2, 0.25) is 0 Å². The van der Waals surface area contributed by atoms with Gasteiger partial charge in [-0.2, -0.15) is 4.31 Å². The Hall–Kier alpha value is -2.12. The maximum absolute atomic E-state index is 13.4. The molecule has 0 aliphatic carbocycles. The minimum absolute atomic E-state index is 0.0243. The Kier molecular flexibility index (Phi) is 7.03. The summed E-state index contributed by atoms with van der Waals surface area (Å²) in [5, 5.41) is 21.0. The van der Waals surface area contributed by atoms with Gasteiger partial charge in [0.05, 0.1) is 56.0 Å². The lowest BCUT2D eigenvalue weighted by Gasteiger charge is -2.39. The number of ether oxygens (including phenoxy) is 3. The number of esters is 1. The molecule has 2 saturated heterocycles. The monoisotopic (exact) mass is 444 g/mol. The highest BCUT2D eigenvalue weighted by Crippen LogP contribution is 2.34. The number of carbonyl (C=O) groups is 1. The van der Waals surface area contributed by atoms with Crippen LogP contribution in [-0.2, 0) is 29.0 Å². The minimum atomic E-state index is -4.29. The smallest absolute Gasteiger partial charge is 0.308 e. The van der Waals surface area contributed by atoms with E-state index in [4.69, 9.17) is 9.47 Å². The molecule has 3 rings (SSSR count). The predicted octanol–water partition coefficient (Wildman–Crippen LogP) is 0.456. The number of hydrogen-bond acceptors (Lipinski definition) is 9. The summed E-state index contributed by atoms with van der Waals surface area (Å²) in [7, 11) is -3.02. The van der Waals surface area contributed by atoms with Gasteiger partial charge >= 0.3 is 5.97 Å². The molecule has 0 radical (unpaired) electrons. The number of para-hydroxylation sites is 1. The van der Waals surface area contributed by atoms with Crippen LogP contribution < -0.4 is 0 Å². The van der Waals surface area contributed by atoms with Gasteiger partial charge in [-0.3, -0.25) is 14.9 Å². The third-order valence-corrected chi connectivity index (χ3v) is 7.24. The lowest BCUT2D eigenvalue weighted by molar-refractivity contribution is -0.387. The van der Waals surface area contributed by atoms with E-state index < -0.39 is 62.5 Å². The second-order valence-electron chi connectivity index (χ2n) is 7.16. The Morgan fingerprint density at radius 1 is 1.33 bits per heavy atom. The molecule has 1 aromatic rings. The second-order valence-corrected chi connectivity index (χ2v) is 9.02. The number of methoxy groups -OCH3 is 1. The molecule has 2 heterocycles. The van der Waals surface area contributed by atoms with Crippen molar-refractivity contribution in [2.24, 2.45) is 0 Å². The highest BCUT2D eigenvalue weighted by Gasteiger charge is 2.45. The first-order valence-corrected chi connectivity index (χ1v) is 10.9. The third kappa shape index (κ3) is 4.62. The number of benzene rings is 1. The van der Waals surface area contributed by atoms with Gasteiger partial charge in [0, 0.05) is 12.6 Å². The molecule has 0 saturated carbocycles. The van der Waals surface area contributed by atoms with E-state index in [1.54, 1.807) is 0 Å². The fourth-order valence-electron chi connectivity index (χ4n) is 3.81. The molecule has 1 N–H and O–H groups in total. The average Bonchev–Trinajstić information content (AvgIpc) is 2.93. The van der Waals surface area contributed by atoms with Crippen molar-refractivity contribution in [1.29, 1.82) is 0 Å². The van der Waals surface area contributed by atoms with Gasteiger partial charge in [-0.05, 0) is 18.9 Å². The molecule has 0 amide bonds. The fraction of sp³-hybridized carbons (Fsp3) is 0.611. The van der Waals surface area contributed by atoms with Crippen molar-refractivity contribution in [3.63, 3.8) is 0 Å². The molecule has 0 spiro atoms. The number of carbonyl (C=O) groups excluding carboxylic acids is 1. The van der Waals surface area contributed by atoms with Gasteiger partial charge in [0.1, 0.15) is 0 Å². The molecule has 30 heavy (non-hydrogen) atoms. The molecule has 0 unspecified atom stereocenters. The van der Waals surface area contributed by atoms with E-state index in [0.29, 0.717) is 12.8 Å². The van der Waals surface area contributed by atoms with E-state index in [2.05, 4.69) is 4.74 Å². The summed E-state index contributed by atoms with van der Waals surface area (Å²) >= 11 is 0. The molecule has 4 atom stereocenters. The molecular formula is C18H24N2O9S. The summed E-state index contributed by atoms with van der Waals surface area (Å²) in [6.45, 7) is -0.568. The maximum Gasteiger partial charge on any atom is 0.308 e. The zero-order chi connectivity index (χ0) is 21.9. The number of nitro benzene ring substituents is 1. The summed E-state index contributed by atoms with van der Waals surface area (Å²) in [5.41, 5.74) is -0.528. The van der Waals surface area contributed by atoms with Gasteiger partial charge in [0.15, 0.2) is 4.90 Å². The van der Waals surface area contributed by atoms with E-state index in [1.165, 1.54) is 25.3 Å². The van der Waals surface area contributed by atoms with Crippen molar-refractivity contribution in [3.05, 3.63) is 34.4 Å². The highest BCUT2D eigenvalue weighted by molar-refractivity contribution is 7.89. The van der Waals surface area contributed by atoms with Crippen molar-refractivity contribution in [2.45, 2.75) is 48.5 Å². The lowest BCUT2D eigenvalue weighted by Crippen LogP contribution is -2.52. The van der Waals surface area contributed by atoms with Gasteiger partial charge in [-0.1, -0.05) is 12.1 Å². The van der Waals surface area contributed by atoms with E-state index in [0.717, 1.165) is 10.4 Å². The van der Waals surface area contributed by atoms with Crippen LogP contribution in [0.4, 0.5) is 5.69 Å². The number of aliphatic hydroxyl groups is 1.